The molecule has 1 N–H and O–H groups in total. The van der Waals surface area contributed by atoms with Crippen LogP contribution >= 0.6 is 11.3 Å². The van der Waals surface area contributed by atoms with Crippen molar-refractivity contribution in [2.45, 2.75) is 37.8 Å². The van der Waals surface area contributed by atoms with Crippen molar-refractivity contribution >= 4 is 28.1 Å². The van der Waals surface area contributed by atoms with Crippen LogP contribution in [0.15, 0.2) is 41.1 Å². The fourth-order valence-corrected chi connectivity index (χ4v) is 4.29. The highest BCUT2D eigenvalue weighted by Crippen LogP contribution is 2.38. The second kappa shape index (κ2) is 6.39. The van der Waals surface area contributed by atoms with Gasteiger partial charge in [0.15, 0.2) is 5.82 Å². The average molecular weight is 351 g/mol. The Bertz CT molecular complexity index is 876. The first kappa shape index (κ1) is 15.3. The molecule has 128 valence electrons. The standard InChI is InChI=1S/C20H21N3OS/c1-2-4-17-16(3-1)20(23-19(22-17)14-8-10-25-12-14)21-15-7-9-24-18(11-15)13-5-6-13/h1-4,8,10,12-13,15,18H,5-7,9,11H2,(H,21,22,23). The Hall–Kier alpha value is -1.98. The summed E-state index contributed by atoms with van der Waals surface area (Å²) in [5.41, 5.74) is 2.08. The molecule has 0 radical (unpaired) electrons. The molecule has 1 aliphatic heterocycles. The number of benzene rings is 1. The summed E-state index contributed by atoms with van der Waals surface area (Å²) in [5, 5.41) is 8.98. The molecule has 1 aromatic carbocycles. The number of hydrogen-bond donors (Lipinski definition) is 1. The second-order valence-corrected chi connectivity index (χ2v) is 7.82. The van der Waals surface area contributed by atoms with Crippen LogP contribution in [0.5, 0.6) is 0 Å². The van der Waals surface area contributed by atoms with Crippen molar-refractivity contribution in [1.29, 1.82) is 0 Å². The first-order valence-electron chi connectivity index (χ1n) is 9.04. The molecule has 2 fully saturated rings. The minimum absolute atomic E-state index is 0.424. The summed E-state index contributed by atoms with van der Waals surface area (Å²) in [6.45, 7) is 0.846. The highest BCUT2D eigenvalue weighted by Gasteiger charge is 2.36. The first-order valence-corrected chi connectivity index (χ1v) is 9.98. The number of nitrogens with one attached hydrogen (secondary N) is 1. The molecule has 3 heterocycles. The van der Waals surface area contributed by atoms with Crippen LogP contribution in [0.2, 0.25) is 0 Å². The van der Waals surface area contributed by atoms with E-state index in [1.807, 2.05) is 6.07 Å². The number of hydrogen-bond acceptors (Lipinski definition) is 5. The highest BCUT2D eigenvalue weighted by molar-refractivity contribution is 7.08. The number of rotatable bonds is 4. The molecule has 5 rings (SSSR count). The van der Waals surface area contributed by atoms with Gasteiger partial charge in [-0.2, -0.15) is 11.3 Å². The normalized spacial score (nSPS) is 23.7. The van der Waals surface area contributed by atoms with Crippen LogP contribution in [0.3, 0.4) is 0 Å². The zero-order valence-corrected chi connectivity index (χ0v) is 14.8. The van der Waals surface area contributed by atoms with Crippen LogP contribution in [-0.4, -0.2) is 28.7 Å². The molecule has 25 heavy (non-hydrogen) atoms. The zero-order chi connectivity index (χ0) is 16.6. The van der Waals surface area contributed by atoms with Crippen LogP contribution in [0.25, 0.3) is 22.3 Å². The van der Waals surface area contributed by atoms with E-state index in [0.29, 0.717) is 12.1 Å². The Labute approximate surface area is 151 Å². The van der Waals surface area contributed by atoms with Crippen molar-refractivity contribution in [3.63, 3.8) is 0 Å². The summed E-state index contributed by atoms with van der Waals surface area (Å²) in [6.07, 6.45) is 5.20. The lowest BCUT2D eigenvalue weighted by molar-refractivity contribution is -0.00221. The van der Waals surface area contributed by atoms with E-state index in [1.54, 1.807) is 11.3 Å². The van der Waals surface area contributed by atoms with Gasteiger partial charge in [0.2, 0.25) is 0 Å². The van der Waals surface area contributed by atoms with E-state index in [1.165, 1.54) is 12.8 Å². The largest absolute Gasteiger partial charge is 0.378 e. The van der Waals surface area contributed by atoms with Gasteiger partial charge in [0.25, 0.3) is 0 Å². The molecule has 2 unspecified atom stereocenters. The minimum Gasteiger partial charge on any atom is -0.378 e. The number of aromatic nitrogens is 2. The van der Waals surface area contributed by atoms with Crippen LogP contribution in [0, 0.1) is 5.92 Å². The number of para-hydroxylation sites is 1. The van der Waals surface area contributed by atoms with Gasteiger partial charge in [-0.15, -0.1) is 0 Å². The van der Waals surface area contributed by atoms with E-state index in [4.69, 9.17) is 14.7 Å². The van der Waals surface area contributed by atoms with Gasteiger partial charge in [-0.05, 0) is 55.2 Å². The molecule has 2 aromatic heterocycles. The van der Waals surface area contributed by atoms with Crippen LogP contribution in [0.4, 0.5) is 5.82 Å². The maximum Gasteiger partial charge on any atom is 0.162 e. The van der Waals surface area contributed by atoms with E-state index in [0.717, 1.165) is 53.5 Å². The third-order valence-corrected chi connectivity index (χ3v) is 5.87. The lowest BCUT2D eigenvalue weighted by Crippen LogP contribution is -2.35. The SMILES string of the molecule is c1ccc2c(NC3CCOC(C4CC4)C3)nc(-c3ccsc3)nc2c1. The number of nitrogens with zero attached hydrogens (tertiary/aromatic N) is 2. The summed E-state index contributed by atoms with van der Waals surface area (Å²) in [6, 6.07) is 10.8. The molecule has 3 aromatic rings. The Kier molecular flexibility index (Phi) is 3.91. The highest BCUT2D eigenvalue weighted by atomic mass is 32.1. The topological polar surface area (TPSA) is 47.0 Å². The van der Waals surface area contributed by atoms with Gasteiger partial charge in [0, 0.05) is 29.0 Å². The fraction of sp³-hybridized carbons (Fsp3) is 0.400. The maximum absolute atomic E-state index is 5.97. The molecule has 1 aliphatic carbocycles. The van der Waals surface area contributed by atoms with E-state index in [2.05, 4.69) is 40.3 Å². The summed E-state index contributed by atoms with van der Waals surface area (Å²) >= 11 is 1.67. The van der Waals surface area contributed by atoms with Gasteiger partial charge in [-0.1, -0.05) is 12.1 Å². The van der Waals surface area contributed by atoms with Crippen molar-refractivity contribution in [1.82, 2.24) is 9.97 Å². The van der Waals surface area contributed by atoms with Crippen molar-refractivity contribution < 1.29 is 4.74 Å². The number of anilines is 1. The molecule has 5 heteroatoms. The molecular formula is C20H21N3OS. The molecule has 2 atom stereocenters. The predicted molar refractivity (Wildman–Crippen MR) is 102 cm³/mol. The lowest BCUT2D eigenvalue weighted by Gasteiger charge is -2.30. The van der Waals surface area contributed by atoms with E-state index < -0.39 is 0 Å². The molecule has 2 aliphatic rings. The van der Waals surface area contributed by atoms with Gasteiger partial charge in [-0.3, -0.25) is 0 Å². The Morgan fingerprint density at radius 2 is 2.00 bits per heavy atom. The van der Waals surface area contributed by atoms with Crippen LogP contribution in [-0.2, 0) is 4.74 Å². The molecule has 0 amide bonds. The number of ether oxygens (including phenoxy) is 1. The molecule has 4 nitrogen and oxygen atoms in total. The van der Waals surface area contributed by atoms with Crippen LogP contribution in [0.1, 0.15) is 25.7 Å². The summed E-state index contributed by atoms with van der Waals surface area (Å²) in [7, 11) is 0. The van der Waals surface area contributed by atoms with E-state index >= 15 is 0 Å². The number of fused-ring (bicyclic) bond motifs is 1. The minimum atomic E-state index is 0.424. The molecule has 0 bridgehead atoms. The Morgan fingerprint density at radius 3 is 2.84 bits per heavy atom. The van der Waals surface area contributed by atoms with E-state index in [-0.39, 0.29) is 0 Å². The van der Waals surface area contributed by atoms with E-state index in [9.17, 15) is 0 Å². The third kappa shape index (κ3) is 3.14. The average Bonchev–Trinajstić information content (AvgIpc) is 3.36. The zero-order valence-electron chi connectivity index (χ0n) is 14.0. The molecule has 0 spiro atoms. The molecule has 1 saturated heterocycles. The lowest BCUT2D eigenvalue weighted by atomic mass is 10.00. The number of thiophene rings is 1. The van der Waals surface area contributed by atoms with Crippen molar-refractivity contribution in [3.05, 3.63) is 41.1 Å². The van der Waals surface area contributed by atoms with Gasteiger partial charge in [0.05, 0.1) is 11.6 Å². The molecular weight excluding hydrogens is 330 g/mol. The van der Waals surface area contributed by atoms with Crippen molar-refractivity contribution in [2.24, 2.45) is 5.92 Å². The quantitative estimate of drug-likeness (QED) is 0.738. The van der Waals surface area contributed by atoms with Crippen LogP contribution < -0.4 is 5.32 Å². The Morgan fingerprint density at radius 1 is 1.08 bits per heavy atom. The van der Waals surface area contributed by atoms with Crippen molar-refractivity contribution in [3.8, 4) is 11.4 Å². The van der Waals surface area contributed by atoms with Crippen molar-refractivity contribution in [2.75, 3.05) is 11.9 Å². The first-order chi connectivity index (χ1) is 12.4. The summed E-state index contributed by atoms with van der Waals surface area (Å²) < 4.78 is 5.97. The predicted octanol–water partition coefficient (Wildman–Crippen LogP) is 4.73. The second-order valence-electron chi connectivity index (χ2n) is 7.04. The summed E-state index contributed by atoms with van der Waals surface area (Å²) in [5.74, 6) is 2.54. The monoisotopic (exact) mass is 351 g/mol. The van der Waals surface area contributed by atoms with Gasteiger partial charge in [-0.25, -0.2) is 9.97 Å². The Balaban J connectivity index is 1.48. The molecule has 1 saturated carbocycles. The van der Waals surface area contributed by atoms with Gasteiger partial charge in [0.1, 0.15) is 5.82 Å². The fourth-order valence-electron chi connectivity index (χ4n) is 3.66. The third-order valence-electron chi connectivity index (χ3n) is 5.19. The van der Waals surface area contributed by atoms with Gasteiger partial charge >= 0.3 is 0 Å². The maximum atomic E-state index is 5.97. The smallest absolute Gasteiger partial charge is 0.162 e. The summed E-state index contributed by atoms with van der Waals surface area (Å²) in [4.78, 5) is 9.62. The van der Waals surface area contributed by atoms with Gasteiger partial charge < -0.3 is 10.1 Å².